The number of para-hydroxylation sites is 1. The summed E-state index contributed by atoms with van der Waals surface area (Å²) >= 11 is 0. The Hall–Kier alpha value is -2.03. The maximum atomic E-state index is 4.36. The van der Waals surface area contributed by atoms with E-state index in [1.54, 1.807) is 0 Å². The summed E-state index contributed by atoms with van der Waals surface area (Å²) in [5, 5.41) is 4.36. The molecule has 2 rings (SSSR count). The molecule has 0 aromatic heterocycles. The van der Waals surface area contributed by atoms with Gasteiger partial charge < -0.3 is 4.90 Å². The quantitative estimate of drug-likeness (QED) is 0.804. The molecule has 0 radical (unpaired) electrons. The van der Waals surface area contributed by atoms with E-state index in [-0.39, 0.29) is 0 Å². The molecule has 1 aromatic rings. The molecule has 0 amide bonds. The van der Waals surface area contributed by atoms with E-state index in [0.29, 0.717) is 0 Å². The molecule has 0 spiro atoms. The molecule has 1 aliphatic carbocycles. The highest BCUT2D eigenvalue weighted by Gasteiger charge is 2.03. The van der Waals surface area contributed by atoms with Crippen LogP contribution in [0.5, 0.6) is 0 Å². The van der Waals surface area contributed by atoms with Gasteiger partial charge >= 0.3 is 0 Å². The molecular weight excluding hydrogens is 210 g/mol. The molecule has 0 unspecified atom stereocenters. The van der Waals surface area contributed by atoms with Crippen molar-refractivity contribution in [3.63, 3.8) is 0 Å². The Morgan fingerprint density at radius 1 is 1.12 bits per heavy atom. The maximum Gasteiger partial charge on any atom is 0.0646 e. The van der Waals surface area contributed by atoms with Crippen LogP contribution in [0.4, 0.5) is 5.69 Å². The number of nitrogens with zero attached hydrogens (tertiary/aromatic N) is 2. The second kappa shape index (κ2) is 5.34. The van der Waals surface area contributed by atoms with Crippen LogP contribution in [0.3, 0.4) is 0 Å². The Morgan fingerprint density at radius 2 is 1.88 bits per heavy atom. The monoisotopic (exact) mass is 227 g/mol. The Morgan fingerprint density at radius 3 is 2.47 bits per heavy atom. The summed E-state index contributed by atoms with van der Waals surface area (Å²) in [7, 11) is 4.08. The molecule has 88 valence electrons. The van der Waals surface area contributed by atoms with E-state index >= 15 is 0 Å². The third-order valence-corrected chi connectivity index (χ3v) is 2.59. The number of nitrogens with one attached hydrogen (secondary N) is 1. The van der Waals surface area contributed by atoms with E-state index in [1.807, 2.05) is 50.5 Å². The van der Waals surface area contributed by atoms with Crippen molar-refractivity contribution in [2.75, 3.05) is 19.5 Å². The van der Waals surface area contributed by atoms with E-state index in [0.717, 1.165) is 17.8 Å². The summed E-state index contributed by atoms with van der Waals surface area (Å²) in [5.41, 5.74) is 6.33. The van der Waals surface area contributed by atoms with Crippen LogP contribution in [0.25, 0.3) is 0 Å². The van der Waals surface area contributed by atoms with Crippen LogP contribution >= 0.6 is 0 Å². The van der Waals surface area contributed by atoms with Gasteiger partial charge in [0.05, 0.1) is 11.4 Å². The Bertz CT molecular complexity index is 456. The van der Waals surface area contributed by atoms with Gasteiger partial charge in [0.2, 0.25) is 0 Å². The van der Waals surface area contributed by atoms with E-state index < -0.39 is 0 Å². The molecular formula is C14H17N3. The van der Waals surface area contributed by atoms with Crippen molar-refractivity contribution < 1.29 is 0 Å². The van der Waals surface area contributed by atoms with Crippen LogP contribution in [-0.4, -0.2) is 24.7 Å². The first kappa shape index (κ1) is 11.5. The van der Waals surface area contributed by atoms with Gasteiger partial charge in [0.1, 0.15) is 0 Å². The number of likely N-dealkylation sites (N-methyl/N-ethyl adjacent to an activating group) is 1. The van der Waals surface area contributed by atoms with Crippen molar-refractivity contribution in [2.24, 2.45) is 5.10 Å². The van der Waals surface area contributed by atoms with Gasteiger partial charge in [-0.15, -0.1) is 0 Å². The number of allylic oxidation sites excluding steroid dienone is 3. The van der Waals surface area contributed by atoms with Crippen molar-refractivity contribution >= 4 is 11.4 Å². The minimum atomic E-state index is 0.865. The highest BCUT2D eigenvalue weighted by molar-refractivity contribution is 5.97. The lowest BCUT2D eigenvalue weighted by Crippen LogP contribution is -2.13. The molecule has 0 heterocycles. The van der Waals surface area contributed by atoms with Crippen molar-refractivity contribution in [1.29, 1.82) is 0 Å². The molecule has 0 bridgehead atoms. The average molecular weight is 227 g/mol. The fraction of sp³-hybridized carbons (Fsp3) is 0.214. The SMILES string of the molecule is CN(C)C1=CC/C(=N\Nc2ccccc2)C=C1. The number of hydrogen-bond donors (Lipinski definition) is 1. The number of anilines is 1. The standard InChI is InChI=1S/C14H17N3/c1-17(2)14-10-8-13(9-11-14)16-15-12-6-4-3-5-7-12/h3-8,10-11,15H,9H2,1-2H3/b16-13-. The summed E-state index contributed by atoms with van der Waals surface area (Å²) in [6.07, 6.45) is 7.16. The second-order valence-corrected chi connectivity index (χ2v) is 4.14. The largest absolute Gasteiger partial charge is 0.378 e. The normalized spacial score (nSPS) is 16.8. The van der Waals surface area contributed by atoms with Crippen molar-refractivity contribution in [1.82, 2.24) is 4.90 Å². The van der Waals surface area contributed by atoms with Crippen LogP contribution in [0.2, 0.25) is 0 Å². The van der Waals surface area contributed by atoms with Gasteiger partial charge in [-0.1, -0.05) is 24.3 Å². The molecule has 0 fully saturated rings. The first-order valence-corrected chi connectivity index (χ1v) is 5.69. The first-order chi connectivity index (χ1) is 8.25. The zero-order valence-electron chi connectivity index (χ0n) is 10.2. The van der Waals surface area contributed by atoms with Crippen LogP contribution in [-0.2, 0) is 0 Å². The van der Waals surface area contributed by atoms with Gasteiger partial charge in [0.15, 0.2) is 0 Å². The fourth-order valence-electron chi connectivity index (χ4n) is 1.59. The molecule has 0 aliphatic heterocycles. The van der Waals surface area contributed by atoms with Crippen LogP contribution in [0.1, 0.15) is 6.42 Å². The summed E-state index contributed by atoms with van der Waals surface area (Å²) in [5.74, 6) is 0. The molecule has 1 N–H and O–H groups in total. The molecule has 3 nitrogen and oxygen atoms in total. The van der Waals surface area contributed by atoms with Gasteiger partial charge in [-0.2, -0.15) is 5.10 Å². The van der Waals surface area contributed by atoms with Gasteiger partial charge in [0.25, 0.3) is 0 Å². The third kappa shape index (κ3) is 3.21. The van der Waals surface area contributed by atoms with Crippen molar-refractivity contribution in [3.05, 3.63) is 54.3 Å². The number of rotatable bonds is 3. The topological polar surface area (TPSA) is 27.6 Å². The van der Waals surface area contributed by atoms with Crippen LogP contribution in [0, 0.1) is 0 Å². The van der Waals surface area contributed by atoms with Gasteiger partial charge in [-0.25, -0.2) is 0 Å². The van der Waals surface area contributed by atoms with Gasteiger partial charge in [-0.3, -0.25) is 5.43 Å². The number of hydrazone groups is 1. The zero-order valence-corrected chi connectivity index (χ0v) is 10.2. The third-order valence-electron chi connectivity index (χ3n) is 2.59. The molecule has 0 saturated carbocycles. The minimum Gasteiger partial charge on any atom is -0.378 e. The lowest BCUT2D eigenvalue weighted by Gasteiger charge is -2.16. The lowest BCUT2D eigenvalue weighted by atomic mass is 10.1. The zero-order chi connectivity index (χ0) is 12.1. The van der Waals surface area contributed by atoms with Crippen LogP contribution in [0.15, 0.2) is 59.4 Å². The fourth-order valence-corrected chi connectivity index (χ4v) is 1.59. The van der Waals surface area contributed by atoms with E-state index in [9.17, 15) is 0 Å². The summed E-state index contributed by atoms with van der Waals surface area (Å²) in [6, 6.07) is 9.97. The molecule has 0 atom stereocenters. The highest BCUT2D eigenvalue weighted by Crippen LogP contribution is 2.11. The Labute approximate surface area is 102 Å². The average Bonchev–Trinajstić information content (AvgIpc) is 2.38. The van der Waals surface area contributed by atoms with E-state index in [4.69, 9.17) is 0 Å². The predicted molar refractivity (Wildman–Crippen MR) is 73.0 cm³/mol. The van der Waals surface area contributed by atoms with E-state index in [1.165, 1.54) is 5.70 Å². The summed E-state index contributed by atoms with van der Waals surface area (Å²) in [6.45, 7) is 0. The van der Waals surface area contributed by atoms with E-state index in [2.05, 4.69) is 27.6 Å². The number of benzene rings is 1. The second-order valence-electron chi connectivity index (χ2n) is 4.14. The summed E-state index contributed by atoms with van der Waals surface area (Å²) in [4.78, 5) is 2.10. The highest BCUT2D eigenvalue weighted by atomic mass is 15.3. The minimum absolute atomic E-state index is 0.865. The van der Waals surface area contributed by atoms with Crippen LogP contribution < -0.4 is 5.43 Å². The molecule has 17 heavy (non-hydrogen) atoms. The Kier molecular flexibility index (Phi) is 3.60. The number of hydrogen-bond acceptors (Lipinski definition) is 3. The van der Waals surface area contributed by atoms with Gasteiger partial charge in [0, 0.05) is 26.2 Å². The van der Waals surface area contributed by atoms with Gasteiger partial charge in [-0.05, 0) is 24.3 Å². The summed E-state index contributed by atoms with van der Waals surface area (Å²) < 4.78 is 0. The predicted octanol–water partition coefficient (Wildman–Crippen LogP) is 2.86. The molecule has 0 saturated heterocycles. The maximum absolute atomic E-state index is 4.36. The molecule has 1 aromatic carbocycles. The molecule has 1 aliphatic rings. The molecule has 3 heteroatoms. The first-order valence-electron chi connectivity index (χ1n) is 5.69. The Balaban J connectivity index is 1.96. The smallest absolute Gasteiger partial charge is 0.0646 e. The van der Waals surface area contributed by atoms with Crippen molar-refractivity contribution in [3.8, 4) is 0 Å². The lowest BCUT2D eigenvalue weighted by molar-refractivity contribution is 0.527. The van der Waals surface area contributed by atoms with Crippen molar-refractivity contribution in [2.45, 2.75) is 6.42 Å².